The lowest BCUT2D eigenvalue weighted by Gasteiger charge is -2.11. The molecule has 0 aliphatic rings. The SMILES string of the molecule is Cc1c(Cl)cccc1S(=O)(=O)Nc1ccc(Oc2ccc(F)cc2)cn1.NS(=O)(=O)c1ccccc1. The molecule has 0 saturated carbocycles. The normalized spacial score (nSPS) is 11.2. The van der Waals surface area contributed by atoms with Crippen LogP contribution in [0.1, 0.15) is 5.56 Å². The maximum absolute atomic E-state index is 12.9. The van der Waals surface area contributed by atoms with Crippen molar-refractivity contribution in [2.75, 3.05) is 4.72 Å². The molecule has 188 valence electrons. The molecule has 36 heavy (non-hydrogen) atoms. The number of primary sulfonamides is 1. The van der Waals surface area contributed by atoms with E-state index in [0.717, 1.165) is 0 Å². The van der Waals surface area contributed by atoms with E-state index in [9.17, 15) is 21.2 Å². The van der Waals surface area contributed by atoms with Crippen LogP contribution >= 0.6 is 11.6 Å². The number of anilines is 1. The highest BCUT2D eigenvalue weighted by molar-refractivity contribution is 7.92. The second-order valence-electron chi connectivity index (χ2n) is 7.26. The van der Waals surface area contributed by atoms with Crippen molar-refractivity contribution >= 4 is 37.5 Å². The minimum absolute atomic E-state index is 0.0819. The molecule has 12 heteroatoms. The fourth-order valence-electron chi connectivity index (χ4n) is 2.82. The second kappa shape index (κ2) is 11.5. The summed E-state index contributed by atoms with van der Waals surface area (Å²) in [6, 6.07) is 21.1. The van der Waals surface area contributed by atoms with Gasteiger partial charge in [0.1, 0.15) is 23.1 Å². The summed E-state index contributed by atoms with van der Waals surface area (Å²) in [6.45, 7) is 1.63. The summed E-state index contributed by atoms with van der Waals surface area (Å²) in [6.07, 6.45) is 1.37. The van der Waals surface area contributed by atoms with E-state index in [1.165, 1.54) is 54.7 Å². The number of benzene rings is 3. The summed E-state index contributed by atoms with van der Waals surface area (Å²) < 4.78 is 67.0. The molecular formula is C24H21ClFN3O5S2. The third kappa shape index (κ3) is 7.49. The Labute approximate surface area is 213 Å². The average molecular weight is 550 g/mol. The van der Waals surface area contributed by atoms with Crippen LogP contribution in [0.5, 0.6) is 11.5 Å². The van der Waals surface area contributed by atoms with Gasteiger partial charge in [0.15, 0.2) is 0 Å². The number of hydrogen-bond acceptors (Lipinski definition) is 6. The van der Waals surface area contributed by atoms with Crippen molar-refractivity contribution < 1.29 is 26.0 Å². The molecule has 3 N–H and O–H groups in total. The number of halogens is 2. The van der Waals surface area contributed by atoms with Crippen LogP contribution in [0.3, 0.4) is 0 Å². The standard InChI is InChI=1S/C18H14ClFN2O3S.C6H7NO2S/c1-12-16(19)3-2-4-17(12)26(23,24)22-18-10-9-15(11-21-18)25-14-7-5-13(20)6-8-14;7-10(8,9)6-4-2-1-3-5-6/h2-11H,1H3,(H,21,22);1-5H,(H2,7,8,9). The molecule has 0 atom stereocenters. The van der Waals surface area contributed by atoms with E-state index in [-0.39, 0.29) is 21.4 Å². The van der Waals surface area contributed by atoms with Gasteiger partial charge in [-0.15, -0.1) is 0 Å². The Morgan fingerprint density at radius 3 is 2.06 bits per heavy atom. The fraction of sp³-hybridized carbons (Fsp3) is 0.0417. The van der Waals surface area contributed by atoms with Crippen molar-refractivity contribution in [1.82, 2.24) is 4.98 Å². The van der Waals surface area contributed by atoms with E-state index in [1.807, 2.05) is 0 Å². The molecule has 1 heterocycles. The Balaban J connectivity index is 0.000000303. The smallest absolute Gasteiger partial charge is 0.263 e. The topological polar surface area (TPSA) is 128 Å². The lowest BCUT2D eigenvalue weighted by molar-refractivity contribution is 0.478. The number of ether oxygens (including phenoxy) is 1. The number of rotatable bonds is 6. The number of pyridine rings is 1. The van der Waals surface area contributed by atoms with Crippen molar-refractivity contribution in [3.05, 3.63) is 108 Å². The van der Waals surface area contributed by atoms with Crippen molar-refractivity contribution in [2.45, 2.75) is 16.7 Å². The van der Waals surface area contributed by atoms with Crippen LogP contribution in [0, 0.1) is 12.7 Å². The number of nitrogens with one attached hydrogen (secondary N) is 1. The molecule has 3 aromatic carbocycles. The molecule has 0 fully saturated rings. The molecule has 0 spiro atoms. The summed E-state index contributed by atoms with van der Waals surface area (Å²) >= 11 is 5.98. The van der Waals surface area contributed by atoms with Crippen LogP contribution in [0.2, 0.25) is 5.02 Å². The van der Waals surface area contributed by atoms with E-state index < -0.39 is 20.0 Å². The van der Waals surface area contributed by atoms with E-state index in [4.69, 9.17) is 21.5 Å². The zero-order chi connectivity index (χ0) is 26.3. The highest BCUT2D eigenvalue weighted by Gasteiger charge is 2.18. The average Bonchev–Trinajstić information content (AvgIpc) is 2.84. The first-order chi connectivity index (χ1) is 17.0. The maximum atomic E-state index is 12.9. The van der Waals surface area contributed by atoms with Crippen LogP contribution in [-0.2, 0) is 20.0 Å². The number of nitrogens with two attached hydrogens (primary N) is 1. The Bertz CT molecular complexity index is 1530. The van der Waals surface area contributed by atoms with Crippen LogP contribution < -0.4 is 14.6 Å². The molecule has 1 aromatic heterocycles. The molecule has 0 saturated heterocycles. The van der Waals surface area contributed by atoms with Gasteiger partial charge in [-0.2, -0.15) is 0 Å². The number of nitrogens with zero attached hydrogens (tertiary/aromatic N) is 1. The van der Waals surface area contributed by atoms with Gasteiger partial charge in [0.25, 0.3) is 10.0 Å². The highest BCUT2D eigenvalue weighted by atomic mass is 35.5. The molecular weight excluding hydrogens is 529 g/mol. The fourth-order valence-corrected chi connectivity index (χ4v) is 4.87. The molecule has 0 unspecified atom stereocenters. The lowest BCUT2D eigenvalue weighted by Crippen LogP contribution is -2.15. The first-order valence-electron chi connectivity index (χ1n) is 10.2. The summed E-state index contributed by atoms with van der Waals surface area (Å²) in [5.41, 5.74) is 0.456. The third-order valence-electron chi connectivity index (χ3n) is 4.60. The molecule has 4 aromatic rings. The Hall–Kier alpha value is -3.51. The van der Waals surface area contributed by atoms with E-state index in [0.29, 0.717) is 22.1 Å². The van der Waals surface area contributed by atoms with Gasteiger partial charge in [-0.3, -0.25) is 4.72 Å². The summed E-state index contributed by atoms with van der Waals surface area (Å²) in [7, 11) is -7.33. The van der Waals surface area contributed by atoms with Crippen molar-refractivity contribution in [3.63, 3.8) is 0 Å². The van der Waals surface area contributed by atoms with Crippen LogP contribution in [0.4, 0.5) is 10.2 Å². The van der Waals surface area contributed by atoms with Gasteiger partial charge in [0, 0.05) is 5.02 Å². The molecule has 8 nitrogen and oxygen atoms in total. The number of hydrogen-bond donors (Lipinski definition) is 2. The van der Waals surface area contributed by atoms with Crippen molar-refractivity contribution in [3.8, 4) is 11.5 Å². The van der Waals surface area contributed by atoms with Crippen LogP contribution in [0.25, 0.3) is 0 Å². The van der Waals surface area contributed by atoms with Gasteiger partial charge in [0.05, 0.1) is 16.0 Å². The molecule has 4 rings (SSSR count). The monoisotopic (exact) mass is 549 g/mol. The van der Waals surface area contributed by atoms with Gasteiger partial charge in [0.2, 0.25) is 10.0 Å². The quantitative estimate of drug-likeness (QED) is 0.344. The van der Waals surface area contributed by atoms with Gasteiger partial charge in [-0.25, -0.2) is 31.3 Å². The summed E-state index contributed by atoms with van der Waals surface area (Å²) in [4.78, 5) is 4.26. The van der Waals surface area contributed by atoms with Crippen molar-refractivity contribution in [2.24, 2.45) is 5.14 Å². The molecule has 0 aliphatic carbocycles. The van der Waals surface area contributed by atoms with Gasteiger partial charge in [-0.1, -0.05) is 35.9 Å². The molecule has 0 aliphatic heterocycles. The first-order valence-corrected chi connectivity index (χ1v) is 13.6. The van der Waals surface area contributed by atoms with Crippen LogP contribution in [-0.4, -0.2) is 21.8 Å². The minimum atomic E-state index is -3.82. The second-order valence-corrected chi connectivity index (χ2v) is 10.9. The first kappa shape index (κ1) is 27.1. The Kier molecular flexibility index (Phi) is 8.64. The molecule has 0 bridgehead atoms. The van der Waals surface area contributed by atoms with Gasteiger partial charge < -0.3 is 4.74 Å². The zero-order valence-electron chi connectivity index (χ0n) is 18.8. The van der Waals surface area contributed by atoms with Crippen LogP contribution in [0.15, 0.2) is 101 Å². The molecule has 0 radical (unpaired) electrons. The van der Waals surface area contributed by atoms with Gasteiger partial charge in [-0.05, 0) is 73.2 Å². The lowest BCUT2D eigenvalue weighted by atomic mass is 10.2. The predicted molar refractivity (Wildman–Crippen MR) is 136 cm³/mol. The minimum Gasteiger partial charge on any atom is -0.456 e. The molecule has 0 amide bonds. The van der Waals surface area contributed by atoms with E-state index >= 15 is 0 Å². The maximum Gasteiger partial charge on any atom is 0.263 e. The summed E-state index contributed by atoms with van der Waals surface area (Å²) in [5, 5.41) is 5.19. The number of aromatic nitrogens is 1. The highest BCUT2D eigenvalue weighted by Crippen LogP contribution is 2.26. The van der Waals surface area contributed by atoms with Crippen molar-refractivity contribution in [1.29, 1.82) is 0 Å². The summed E-state index contributed by atoms with van der Waals surface area (Å²) in [5.74, 6) is 0.599. The zero-order valence-corrected chi connectivity index (χ0v) is 21.2. The van der Waals surface area contributed by atoms with E-state index in [1.54, 1.807) is 43.3 Å². The predicted octanol–water partition coefficient (Wildman–Crippen LogP) is 5.11. The Morgan fingerprint density at radius 1 is 0.861 bits per heavy atom. The largest absolute Gasteiger partial charge is 0.456 e. The van der Waals surface area contributed by atoms with E-state index in [2.05, 4.69) is 9.71 Å². The van der Waals surface area contributed by atoms with Gasteiger partial charge >= 0.3 is 0 Å². The Morgan fingerprint density at radius 2 is 1.50 bits per heavy atom. The third-order valence-corrected chi connectivity index (χ3v) is 7.44. The number of sulfonamides is 2.